The fraction of sp³-hybridized carbons (Fsp3) is 0.429. The molecule has 0 aromatic heterocycles. The number of rotatable bonds is 8. The van der Waals surface area contributed by atoms with E-state index in [9.17, 15) is 9.59 Å². The van der Waals surface area contributed by atoms with E-state index in [4.69, 9.17) is 14.6 Å². The molecular formula is C14H19NO5. The van der Waals surface area contributed by atoms with Gasteiger partial charge in [-0.15, -0.1) is 0 Å². The van der Waals surface area contributed by atoms with E-state index < -0.39 is 5.97 Å². The molecule has 0 aliphatic rings. The number of hydrogen-bond donors (Lipinski definition) is 1. The van der Waals surface area contributed by atoms with E-state index in [0.717, 1.165) is 0 Å². The first-order chi connectivity index (χ1) is 9.58. The molecule has 0 heterocycles. The fourth-order valence-electron chi connectivity index (χ4n) is 1.69. The topological polar surface area (TPSA) is 76.1 Å². The summed E-state index contributed by atoms with van der Waals surface area (Å²) in [6.45, 7) is 0.851. The summed E-state index contributed by atoms with van der Waals surface area (Å²) in [6, 6.07) is 6.76. The van der Waals surface area contributed by atoms with Gasteiger partial charge in [0.15, 0.2) is 0 Å². The van der Waals surface area contributed by atoms with Crippen LogP contribution in [-0.4, -0.2) is 55.8 Å². The van der Waals surface area contributed by atoms with E-state index in [2.05, 4.69) is 0 Å². The molecule has 0 aliphatic carbocycles. The summed E-state index contributed by atoms with van der Waals surface area (Å²) in [7, 11) is 3.06. The maximum Gasteiger partial charge on any atom is 0.305 e. The van der Waals surface area contributed by atoms with Crippen LogP contribution in [-0.2, 0) is 9.53 Å². The maximum absolute atomic E-state index is 12.4. The van der Waals surface area contributed by atoms with Crippen LogP contribution in [0.4, 0.5) is 0 Å². The Bertz CT molecular complexity index is 461. The predicted molar refractivity (Wildman–Crippen MR) is 73.0 cm³/mol. The molecule has 1 aromatic rings. The Balaban J connectivity index is 2.81. The average molecular weight is 281 g/mol. The number of hydrogen-bond acceptors (Lipinski definition) is 4. The minimum atomic E-state index is -0.939. The van der Waals surface area contributed by atoms with Gasteiger partial charge in [0.2, 0.25) is 0 Å². The van der Waals surface area contributed by atoms with Crippen LogP contribution in [0.3, 0.4) is 0 Å². The molecule has 1 aromatic carbocycles. The summed E-state index contributed by atoms with van der Waals surface area (Å²) in [6.07, 6.45) is -0.0978. The van der Waals surface area contributed by atoms with Gasteiger partial charge >= 0.3 is 5.97 Å². The van der Waals surface area contributed by atoms with E-state index >= 15 is 0 Å². The second kappa shape index (κ2) is 8.16. The zero-order valence-corrected chi connectivity index (χ0v) is 11.7. The van der Waals surface area contributed by atoms with Crippen LogP contribution in [0.15, 0.2) is 24.3 Å². The van der Waals surface area contributed by atoms with Crippen molar-refractivity contribution in [2.45, 2.75) is 6.42 Å². The lowest BCUT2D eigenvalue weighted by Gasteiger charge is -2.21. The van der Waals surface area contributed by atoms with Gasteiger partial charge < -0.3 is 19.5 Å². The van der Waals surface area contributed by atoms with Crippen LogP contribution >= 0.6 is 0 Å². The molecule has 0 radical (unpaired) electrons. The molecule has 0 spiro atoms. The fourth-order valence-corrected chi connectivity index (χ4v) is 1.69. The van der Waals surface area contributed by atoms with Crippen molar-refractivity contribution in [2.24, 2.45) is 0 Å². The Labute approximate surface area is 117 Å². The number of aliphatic carboxylic acids is 1. The Morgan fingerprint density at radius 1 is 1.25 bits per heavy atom. The molecule has 1 rings (SSSR count). The first-order valence-electron chi connectivity index (χ1n) is 6.22. The third-order valence-electron chi connectivity index (χ3n) is 2.76. The molecule has 1 N–H and O–H groups in total. The van der Waals surface area contributed by atoms with E-state index in [-0.39, 0.29) is 18.9 Å². The monoisotopic (exact) mass is 281 g/mol. The van der Waals surface area contributed by atoms with Gasteiger partial charge in [-0.05, 0) is 18.2 Å². The van der Waals surface area contributed by atoms with Crippen molar-refractivity contribution in [1.29, 1.82) is 0 Å². The number of carboxylic acids is 1. The van der Waals surface area contributed by atoms with Crippen LogP contribution in [0.1, 0.15) is 16.8 Å². The van der Waals surface area contributed by atoms with Gasteiger partial charge in [-0.1, -0.05) is 6.07 Å². The van der Waals surface area contributed by atoms with Crippen LogP contribution in [0, 0.1) is 0 Å². The van der Waals surface area contributed by atoms with Gasteiger partial charge in [0.25, 0.3) is 5.91 Å². The van der Waals surface area contributed by atoms with Crippen LogP contribution in [0.5, 0.6) is 5.75 Å². The highest BCUT2D eigenvalue weighted by Gasteiger charge is 2.17. The summed E-state index contributed by atoms with van der Waals surface area (Å²) in [4.78, 5) is 24.5. The van der Waals surface area contributed by atoms with Crippen molar-refractivity contribution in [1.82, 2.24) is 4.90 Å². The highest BCUT2D eigenvalue weighted by Crippen LogP contribution is 2.14. The molecule has 0 saturated carbocycles. The molecule has 6 nitrogen and oxygen atoms in total. The van der Waals surface area contributed by atoms with E-state index in [1.807, 2.05) is 0 Å². The number of ether oxygens (including phenoxy) is 2. The van der Waals surface area contributed by atoms with Gasteiger partial charge in [0.1, 0.15) is 5.75 Å². The molecular weight excluding hydrogens is 262 g/mol. The Morgan fingerprint density at radius 2 is 2.00 bits per heavy atom. The van der Waals surface area contributed by atoms with Crippen molar-refractivity contribution in [2.75, 3.05) is 33.9 Å². The lowest BCUT2D eigenvalue weighted by Crippen LogP contribution is -2.35. The molecule has 6 heteroatoms. The van der Waals surface area contributed by atoms with Gasteiger partial charge in [-0.2, -0.15) is 0 Å². The zero-order chi connectivity index (χ0) is 15.0. The largest absolute Gasteiger partial charge is 0.497 e. The Morgan fingerprint density at radius 3 is 2.60 bits per heavy atom. The highest BCUT2D eigenvalue weighted by molar-refractivity contribution is 5.94. The summed E-state index contributed by atoms with van der Waals surface area (Å²) in [5.74, 6) is -0.589. The zero-order valence-electron chi connectivity index (χ0n) is 11.7. The number of benzene rings is 1. The minimum absolute atomic E-state index is 0.0978. The third-order valence-corrected chi connectivity index (χ3v) is 2.76. The van der Waals surface area contributed by atoms with Crippen molar-refractivity contribution in [3.8, 4) is 5.75 Å². The number of amides is 1. The Hall–Kier alpha value is -2.08. The molecule has 110 valence electrons. The summed E-state index contributed by atoms with van der Waals surface area (Å²) < 4.78 is 10.0. The van der Waals surface area contributed by atoms with Crippen LogP contribution < -0.4 is 4.74 Å². The SMILES string of the molecule is COCCN(CCC(=O)O)C(=O)c1cccc(OC)c1. The number of nitrogens with zero attached hydrogens (tertiary/aromatic N) is 1. The third kappa shape index (κ3) is 4.89. The van der Waals surface area contributed by atoms with Crippen molar-refractivity contribution in [3.63, 3.8) is 0 Å². The van der Waals surface area contributed by atoms with Gasteiger partial charge in [-0.25, -0.2) is 0 Å². The maximum atomic E-state index is 12.4. The van der Waals surface area contributed by atoms with E-state index in [0.29, 0.717) is 24.5 Å². The molecule has 20 heavy (non-hydrogen) atoms. The smallest absolute Gasteiger partial charge is 0.305 e. The van der Waals surface area contributed by atoms with E-state index in [1.54, 1.807) is 24.3 Å². The standard InChI is InChI=1S/C14H19NO5/c1-19-9-8-15(7-6-13(16)17)14(18)11-4-3-5-12(10-11)20-2/h3-5,10H,6-9H2,1-2H3,(H,16,17). The number of carbonyl (C=O) groups excluding carboxylic acids is 1. The van der Waals surface area contributed by atoms with Crippen LogP contribution in [0.2, 0.25) is 0 Å². The Kier molecular flexibility index (Phi) is 6.52. The minimum Gasteiger partial charge on any atom is -0.497 e. The van der Waals surface area contributed by atoms with E-state index in [1.165, 1.54) is 19.1 Å². The molecule has 0 unspecified atom stereocenters. The van der Waals surface area contributed by atoms with Crippen LogP contribution in [0.25, 0.3) is 0 Å². The second-order valence-corrected chi connectivity index (χ2v) is 4.16. The summed E-state index contributed by atoms with van der Waals surface area (Å²) in [5.41, 5.74) is 0.464. The van der Waals surface area contributed by atoms with Gasteiger partial charge in [-0.3, -0.25) is 9.59 Å². The highest BCUT2D eigenvalue weighted by atomic mass is 16.5. The first-order valence-corrected chi connectivity index (χ1v) is 6.22. The molecule has 1 amide bonds. The lowest BCUT2D eigenvalue weighted by molar-refractivity contribution is -0.137. The first kappa shape index (κ1) is 16.0. The molecule has 0 atom stereocenters. The quantitative estimate of drug-likeness (QED) is 0.776. The van der Waals surface area contributed by atoms with Crippen molar-refractivity contribution >= 4 is 11.9 Å². The van der Waals surface area contributed by atoms with Gasteiger partial charge in [0.05, 0.1) is 20.1 Å². The summed E-state index contributed by atoms with van der Waals surface area (Å²) in [5, 5.41) is 8.73. The number of carbonyl (C=O) groups is 2. The van der Waals surface area contributed by atoms with Crippen molar-refractivity contribution < 1.29 is 24.2 Å². The molecule has 0 aliphatic heterocycles. The summed E-state index contributed by atoms with van der Waals surface area (Å²) >= 11 is 0. The average Bonchev–Trinajstić information content (AvgIpc) is 2.46. The molecule has 0 fully saturated rings. The van der Waals surface area contributed by atoms with Gasteiger partial charge in [0, 0.05) is 25.8 Å². The molecule has 0 saturated heterocycles. The number of carboxylic acid groups (broad SMARTS) is 1. The normalized spacial score (nSPS) is 10.1. The number of methoxy groups -OCH3 is 2. The predicted octanol–water partition coefficient (Wildman–Crippen LogP) is 1.26. The van der Waals surface area contributed by atoms with Crippen molar-refractivity contribution in [3.05, 3.63) is 29.8 Å². The second-order valence-electron chi connectivity index (χ2n) is 4.16. The molecule has 0 bridgehead atoms. The lowest BCUT2D eigenvalue weighted by atomic mass is 10.2.